The van der Waals surface area contributed by atoms with Gasteiger partial charge in [-0.1, -0.05) is 119 Å². The van der Waals surface area contributed by atoms with Crippen LogP contribution in [0.4, 0.5) is 0 Å². The Bertz CT molecular complexity index is 1600. The Balaban J connectivity index is 0.000000228. The first-order valence-electron chi connectivity index (χ1n) is 13.7. The smallest absolute Gasteiger partial charge is 0.366 e. The van der Waals surface area contributed by atoms with Gasteiger partial charge in [0.05, 0.1) is 12.3 Å². The van der Waals surface area contributed by atoms with Gasteiger partial charge in [0.1, 0.15) is 0 Å². The van der Waals surface area contributed by atoms with E-state index in [1.807, 2.05) is 72.8 Å². The van der Waals surface area contributed by atoms with Gasteiger partial charge in [-0.2, -0.15) is 0 Å². The van der Waals surface area contributed by atoms with E-state index in [1.165, 1.54) is 12.3 Å². The maximum absolute atomic E-state index is 7.46. The van der Waals surface area contributed by atoms with Crippen LogP contribution in [0.1, 0.15) is 11.1 Å². The summed E-state index contributed by atoms with van der Waals surface area (Å²) in [5.41, 5.74) is 1.77. The van der Waals surface area contributed by atoms with Crippen LogP contribution in [0.2, 0.25) is 0 Å². The Morgan fingerprint density at radius 3 is 0.905 bits per heavy atom. The van der Waals surface area contributed by atoms with Crippen molar-refractivity contribution in [1.82, 2.24) is 0 Å². The monoisotopic (exact) mass is 948 g/mol. The van der Waals surface area contributed by atoms with Crippen LogP contribution in [0.15, 0.2) is 109 Å². The molecule has 0 heterocycles. The van der Waals surface area contributed by atoms with Crippen molar-refractivity contribution < 1.29 is 44.8 Å². The van der Waals surface area contributed by atoms with Crippen LogP contribution in [0.5, 0.6) is 0 Å². The van der Waals surface area contributed by atoms with E-state index in [1.54, 1.807) is 0 Å². The van der Waals surface area contributed by atoms with E-state index in [0.717, 1.165) is 54.2 Å². The Morgan fingerprint density at radius 2 is 0.690 bits per heavy atom. The van der Waals surface area contributed by atoms with Crippen molar-refractivity contribution in [1.29, 1.82) is 0 Å². The van der Waals surface area contributed by atoms with E-state index in [4.69, 9.17) is 12.8 Å². The van der Waals surface area contributed by atoms with Gasteiger partial charge in [0.2, 0.25) is 0 Å². The molecule has 0 radical (unpaired) electrons. The molecule has 0 unspecified atom stereocenters. The maximum atomic E-state index is 7.46. The minimum Gasteiger partial charge on any atom is -0.366 e. The fourth-order valence-electron chi connectivity index (χ4n) is 4.80. The molecular weight excluding hydrogens is 912 g/mol. The summed E-state index contributed by atoms with van der Waals surface area (Å²) < 4.78 is 0. The predicted molar refractivity (Wildman–Crippen MR) is 185 cm³/mol. The third kappa shape index (κ3) is 9.16. The summed E-state index contributed by atoms with van der Waals surface area (Å²) in [4.78, 5) is 0. The van der Waals surface area contributed by atoms with Crippen LogP contribution >= 0.6 is 15.8 Å². The molecule has 0 spiro atoms. The molecule has 0 aromatic heterocycles. The van der Waals surface area contributed by atoms with Gasteiger partial charge in [-0.25, -0.2) is 0 Å². The second-order valence-electron chi connectivity index (χ2n) is 10.6. The largest absolute Gasteiger partial charge is 1.00 e. The Labute approximate surface area is 285 Å². The predicted octanol–water partition coefficient (Wildman–Crippen LogP) is 9.79. The number of hydrogen-bond acceptors (Lipinski definition) is 0. The average molecular weight is 949 g/mol. The molecule has 0 nitrogen and oxygen atoms in total. The zero-order chi connectivity index (χ0) is 28.5. The summed E-state index contributed by atoms with van der Waals surface area (Å²) in [6.07, 6.45) is 18.0. The topological polar surface area (TPSA) is 0 Å². The molecule has 0 bridgehead atoms. The molecule has 42 heavy (non-hydrogen) atoms. The molecular formula is C38H36Au2P2+2. The van der Waals surface area contributed by atoms with E-state index in [9.17, 15) is 0 Å². The molecule has 6 aromatic carbocycles. The molecule has 6 aromatic rings. The molecule has 0 atom stereocenters. The summed E-state index contributed by atoms with van der Waals surface area (Å²) in [5, 5.41) is 9.03. The summed E-state index contributed by atoms with van der Waals surface area (Å²) in [5.74, 6) is 5.13. The Kier molecular flexibility index (Phi) is 15.3. The van der Waals surface area contributed by atoms with E-state index in [2.05, 4.69) is 74.9 Å². The van der Waals surface area contributed by atoms with Crippen molar-refractivity contribution in [2.75, 3.05) is 39.0 Å². The zero-order valence-electron chi connectivity index (χ0n) is 24.4. The summed E-state index contributed by atoms with van der Waals surface area (Å²) in [6, 6.07) is 36.8. The third-order valence-corrected chi connectivity index (χ3v) is 9.92. The SMILES string of the molecule is C[PH+](C)CC[PH+](C)C.[Au+].[Au+].[C-]#Cc1c2ccccc2cc2ccccc12.[C-]#Cc1c2ccccc2cc2ccccc12. The molecule has 0 aliphatic rings. The Morgan fingerprint density at radius 1 is 0.452 bits per heavy atom. The fourth-order valence-corrected chi connectivity index (χ4v) is 8.80. The van der Waals surface area contributed by atoms with Gasteiger partial charge in [0.15, 0.2) is 0 Å². The first-order chi connectivity index (χ1) is 19.4. The van der Waals surface area contributed by atoms with Crippen LogP contribution in [0.25, 0.3) is 43.1 Å². The van der Waals surface area contributed by atoms with Crippen LogP contribution in [-0.2, 0) is 44.8 Å². The van der Waals surface area contributed by atoms with Crippen LogP contribution < -0.4 is 0 Å². The van der Waals surface area contributed by atoms with Crippen LogP contribution in [0, 0.1) is 24.7 Å². The first kappa shape index (κ1) is 36.0. The number of benzene rings is 6. The second kappa shape index (κ2) is 17.8. The minimum atomic E-state index is 0. The minimum absolute atomic E-state index is 0. The number of rotatable bonds is 3. The van der Waals surface area contributed by atoms with Crippen molar-refractivity contribution in [3.05, 3.63) is 133 Å². The quantitative estimate of drug-likeness (QED) is 0.0546. The van der Waals surface area contributed by atoms with Crippen molar-refractivity contribution in [3.8, 4) is 11.8 Å². The normalized spacial score (nSPS) is 10.1. The van der Waals surface area contributed by atoms with E-state index in [-0.39, 0.29) is 60.6 Å². The van der Waals surface area contributed by atoms with Crippen molar-refractivity contribution >= 4 is 58.9 Å². The van der Waals surface area contributed by atoms with Crippen molar-refractivity contribution in [2.24, 2.45) is 0 Å². The summed E-state index contributed by atoms with van der Waals surface area (Å²) in [6.45, 7) is 9.59. The standard InChI is InChI=1S/2C16H9.C6H16P2.2Au/c2*1-2-14-15-9-5-3-7-12(15)11-13-8-4-6-10-16(13)14;1-7(2)5-6-8(3)4;;/h2*3-11H;5-6H2,1-4H3;;/q2*-1;;2*+1/p+2. The van der Waals surface area contributed by atoms with E-state index in [0.29, 0.717) is 0 Å². The third-order valence-electron chi connectivity index (χ3n) is 6.92. The van der Waals surface area contributed by atoms with Gasteiger partial charge in [-0.05, 0) is 49.5 Å². The molecule has 0 aliphatic heterocycles. The molecule has 0 saturated heterocycles. The molecule has 4 heteroatoms. The van der Waals surface area contributed by atoms with Crippen molar-refractivity contribution in [2.45, 2.75) is 0 Å². The van der Waals surface area contributed by atoms with Gasteiger partial charge in [-0.15, -0.1) is 11.1 Å². The number of hydrogen-bond donors (Lipinski definition) is 0. The molecule has 0 amide bonds. The molecule has 0 saturated carbocycles. The van der Waals surface area contributed by atoms with Crippen LogP contribution in [0.3, 0.4) is 0 Å². The van der Waals surface area contributed by atoms with Gasteiger partial charge < -0.3 is 12.8 Å². The number of fused-ring (bicyclic) bond motifs is 4. The summed E-state index contributed by atoms with van der Waals surface area (Å²) >= 11 is 0. The Hall–Kier alpha value is -2.18. The molecule has 6 rings (SSSR count). The molecule has 0 fully saturated rings. The first-order valence-corrected chi connectivity index (χ1v) is 19.1. The molecule has 0 aliphatic carbocycles. The molecule has 0 N–H and O–H groups in total. The van der Waals surface area contributed by atoms with Crippen molar-refractivity contribution in [3.63, 3.8) is 0 Å². The maximum Gasteiger partial charge on any atom is 1.00 e. The van der Waals surface area contributed by atoms with Gasteiger partial charge in [-0.3, -0.25) is 11.8 Å². The van der Waals surface area contributed by atoms with Crippen LogP contribution in [-0.4, -0.2) is 39.0 Å². The zero-order valence-corrected chi connectivity index (χ0v) is 30.7. The van der Waals surface area contributed by atoms with Gasteiger partial charge in [0.25, 0.3) is 0 Å². The van der Waals surface area contributed by atoms with E-state index >= 15 is 0 Å². The molecule has 218 valence electrons. The van der Waals surface area contributed by atoms with E-state index < -0.39 is 0 Å². The fraction of sp³-hybridized carbons (Fsp3) is 0.158. The van der Waals surface area contributed by atoms with Gasteiger partial charge in [0, 0.05) is 26.7 Å². The summed E-state index contributed by atoms with van der Waals surface area (Å²) in [7, 11) is 0.191. The average Bonchev–Trinajstić information content (AvgIpc) is 2.98. The van der Waals surface area contributed by atoms with Gasteiger partial charge >= 0.3 is 44.8 Å². The second-order valence-corrected chi connectivity index (χ2v) is 16.4.